The van der Waals surface area contributed by atoms with Crippen molar-refractivity contribution in [2.75, 3.05) is 20.3 Å². The summed E-state index contributed by atoms with van der Waals surface area (Å²) in [4.78, 5) is 0. The van der Waals surface area contributed by atoms with E-state index in [1.807, 2.05) is 0 Å². The molecule has 1 heterocycles. The molecule has 6 nitrogen and oxygen atoms in total. The van der Waals surface area contributed by atoms with E-state index >= 15 is 0 Å². The van der Waals surface area contributed by atoms with E-state index in [9.17, 15) is 5.11 Å². The number of phenols is 1. The quantitative estimate of drug-likeness (QED) is 0.561. The molecule has 5 N–H and O–H groups in total. The minimum Gasteiger partial charge on any atom is -0.508 e. The SMILES string of the molecule is CN(N)/C(COC1CCCCO1)=C(\N)c1ccc(O)cc1. The molecule has 1 unspecified atom stereocenters. The van der Waals surface area contributed by atoms with Crippen LogP contribution in [0, 0.1) is 0 Å². The summed E-state index contributed by atoms with van der Waals surface area (Å²) < 4.78 is 11.3. The zero-order chi connectivity index (χ0) is 15.2. The molecule has 21 heavy (non-hydrogen) atoms. The number of nitrogens with two attached hydrogens (primary N) is 2. The minimum atomic E-state index is -0.193. The highest BCUT2D eigenvalue weighted by Gasteiger charge is 2.17. The van der Waals surface area contributed by atoms with E-state index in [0.29, 0.717) is 11.4 Å². The number of likely N-dealkylation sites (N-methyl/N-ethyl adjacent to an activating group) is 1. The van der Waals surface area contributed by atoms with Gasteiger partial charge in [-0.2, -0.15) is 0 Å². The summed E-state index contributed by atoms with van der Waals surface area (Å²) in [5.74, 6) is 6.04. The Labute approximate surface area is 124 Å². The number of ether oxygens (including phenoxy) is 2. The van der Waals surface area contributed by atoms with Crippen LogP contribution in [0.3, 0.4) is 0 Å². The Balaban J connectivity index is 2.08. The van der Waals surface area contributed by atoms with Crippen LogP contribution in [0.2, 0.25) is 0 Å². The first-order valence-electron chi connectivity index (χ1n) is 7.07. The van der Waals surface area contributed by atoms with Crippen LogP contribution in [0.1, 0.15) is 24.8 Å². The second kappa shape index (κ2) is 7.31. The number of benzene rings is 1. The molecule has 0 bridgehead atoms. The van der Waals surface area contributed by atoms with Crippen LogP contribution in [-0.4, -0.2) is 36.7 Å². The summed E-state index contributed by atoms with van der Waals surface area (Å²) >= 11 is 0. The average Bonchev–Trinajstić information content (AvgIpc) is 2.48. The van der Waals surface area contributed by atoms with E-state index in [4.69, 9.17) is 21.1 Å². The maximum atomic E-state index is 9.33. The summed E-state index contributed by atoms with van der Waals surface area (Å²) in [6, 6.07) is 6.65. The first kappa shape index (κ1) is 15.6. The smallest absolute Gasteiger partial charge is 0.158 e. The van der Waals surface area contributed by atoms with Crippen molar-refractivity contribution >= 4 is 5.70 Å². The Bertz CT molecular complexity index is 479. The first-order chi connectivity index (χ1) is 10.1. The van der Waals surface area contributed by atoms with Crippen LogP contribution in [0.5, 0.6) is 5.75 Å². The molecule has 0 aliphatic carbocycles. The van der Waals surface area contributed by atoms with Gasteiger partial charge in [0, 0.05) is 13.7 Å². The van der Waals surface area contributed by atoms with Crippen molar-refractivity contribution in [3.05, 3.63) is 35.5 Å². The molecular weight excluding hydrogens is 270 g/mol. The van der Waals surface area contributed by atoms with Gasteiger partial charge in [-0.05, 0) is 49.1 Å². The Morgan fingerprint density at radius 2 is 2.10 bits per heavy atom. The van der Waals surface area contributed by atoms with Gasteiger partial charge < -0.3 is 25.3 Å². The fraction of sp³-hybridized carbons (Fsp3) is 0.467. The van der Waals surface area contributed by atoms with Crippen molar-refractivity contribution < 1.29 is 14.6 Å². The van der Waals surface area contributed by atoms with Gasteiger partial charge in [0.15, 0.2) is 6.29 Å². The largest absolute Gasteiger partial charge is 0.508 e. The van der Waals surface area contributed by atoms with Crippen molar-refractivity contribution in [2.45, 2.75) is 25.6 Å². The molecule has 2 rings (SSSR count). The van der Waals surface area contributed by atoms with Crippen molar-refractivity contribution in [1.82, 2.24) is 5.01 Å². The van der Waals surface area contributed by atoms with Crippen LogP contribution in [0.15, 0.2) is 30.0 Å². The number of hydrazine groups is 1. The lowest BCUT2D eigenvalue weighted by atomic mass is 10.1. The predicted molar refractivity (Wildman–Crippen MR) is 80.7 cm³/mol. The molecule has 1 atom stereocenters. The molecule has 1 aromatic rings. The average molecular weight is 293 g/mol. The number of aromatic hydroxyl groups is 1. The van der Waals surface area contributed by atoms with Gasteiger partial charge in [-0.15, -0.1) is 0 Å². The topological polar surface area (TPSA) is 94.0 Å². The summed E-state index contributed by atoms with van der Waals surface area (Å²) in [6.07, 6.45) is 2.88. The van der Waals surface area contributed by atoms with Crippen LogP contribution < -0.4 is 11.6 Å². The molecule has 6 heteroatoms. The van der Waals surface area contributed by atoms with E-state index in [2.05, 4.69) is 0 Å². The number of hydrogen-bond acceptors (Lipinski definition) is 6. The van der Waals surface area contributed by atoms with E-state index < -0.39 is 0 Å². The van der Waals surface area contributed by atoms with Crippen LogP contribution >= 0.6 is 0 Å². The Morgan fingerprint density at radius 3 is 2.67 bits per heavy atom. The molecule has 1 aliphatic rings. The molecule has 0 amide bonds. The third kappa shape index (κ3) is 4.35. The van der Waals surface area contributed by atoms with Gasteiger partial charge in [0.05, 0.1) is 18.0 Å². The number of phenolic OH excluding ortho intramolecular Hbond substituents is 1. The summed E-state index contributed by atoms with van der Waals surface area (Å²) in [6.45, 7) is 1.01. The van der Waals surface area contributed by atoms with E-state index in [1.165, 1.54) is 5.01 Å². The fourth-order valence-corrected chi connectivity index (χ4v) is 2.19. The Kier molecular flexibility index (Phi) is 5.44. The minimum absolute atomic E-state index is 0.193. The van der Waals surface area contributed by atoms with Crippen molar-refractivity contribution in [1.29, 1.82) is 0 Å². The molecular formula is C15H23N3O3. The lowest BCUT2D eigenvalue weighted by Gasteiger charge is -2.26. The van der Waals surface area contributed by atoms with Crippen molar-refractivity contribution in [2.24, 2.45) is 11.6 Å². The van der Waals surface area contributed by atoms with Crippen molar-refractivity contribution in [3.63, 3.8) is 0 Å². The lowest BCUT2D eigenvalue weighted by molar-refractivity contribution is -0.158. The fourth-order valence-electron chi connectivity index (χ4n) is 2.19. The van der Waals surface area contributed by atoms with Crippen LogP contribution in [0.25, 0.3) is 5.70 Å². The zero-order valence-corrected chi connectivity index (χ0v) is 12.3. The molecule has 0 spiro atoms. The van der Waals surface area contributed by atoms with E-state index in [-0.39, 0.29) is 18.6 Å². The maximum absolute atomic E-state index is 9.33. The van der Waals surface area contributed by atoms with Crippen molar-refractivity contribution in [3.8, 4) is 5.75 Å². The van der Waals surface area contributed by atoms with Gasteiger partial charge in [-0.3, -0.25) is 0 Å². The van der Waals surface area contributed by atoms with E-state index in [1.54, 1.807) is 31.3 Å². The number of rotatable bonds is 5. The highest BCUT2D eigenvalue weighted by molar-refractivity contribution is 5.66. The van der Waals surface area contributed by atoms with Crippen LogP contribution in [-0.2, 0) is 9.47 Å². The predicted octanol–water partition coefficient (Wildman–Crippen LogP) is 1.37. The lowest BCUT2D eigenvalue weighted by Crippen LogP contribution is -2.32. The standard InChI is InChI=1S/C15H23N3O3/c1-18(17)13(10-21-14-4-2-3-9-20-14)15(16)11-5-7-12(19)8-6-11/h5-8,14,19H,2-4,9-10,16-17H2,1H3/b15-13-. The molecule has 116 valence electrons. The monoisotopic (exact) mass is 293 g/mol. The third-order valence-electron chi connectivity index (χ3n) is 3.46. The molecule has 1 saturated heterocycles. The van der Waals surface area contributed by atoms with Crippen LogP contribution in [0.4, 0.5) is 0 Å². The van der Waals surface area contributed by atoms with Gasteiger partial charge >= 0.3 is 0 Å². The highest BCUT2D eigenvalue weighted by Crippen LogP contribution is 2.20. The van der Waals surface area contributed by atoms with E-state index in [0.717, 1.165) is 31.4 Å². The number of nitrogens with zero attached hydrogens (tertiary/aromatic N) is 1. The normalized spacial score (nSPS) is 20.0. The first-order valence-corrected chi connectivity index (χ1v) is 7.07. The molecule has 0 aromatic heterocycles. The van der Waals surface area contributed by atoms with Gasteiger partial charge in [0.1, 0.15) is 5.75 Å². The number of hydrogen-bond donors (Lipinski definition) is 3. The summed E-state index contributed by atoms with van der Waals surface area (Å²) in [5.41, 5.74) is 8.15. The van der Waals surface area contributed by atoms with Gasteiger partial charge in [-0.25, -0.2) is 5.84 Å². The Hall–Kier alpha value is -1.76. The highest BCUT2D eigenvalue weighted by atomic mass is 16.7. The second-order valence-electron chi connectivity index (χ2n) is 5.13. The zero-order valence-electron chi connectivity index (χ0n) is 12.3. The molecule has 1 aromatic carbocycles. The second-order valence-corrected chi connectivity index (χ2v) is 5.13. The molecule has 0 radical (unpaired) electrons. The maximum Gasteiger partial charge on any atom is 0.158 e. The van der Waals surface area contributed by atoms with Gasteiger partial charge in [-0.1, -0.05) is 0 Å². The molecule has 1 aliphatic heterocycles. The molecule has 0 saturated carbocycles. The summed E-state index contributed by atoms with van der Waals surface area (Å²) in [5, 5.41) is 10.8. The Morgan fingerprint density at radius 1 is 1.38 bits per heavy atom. The third-order valence-corrected chi connectivity index (χ3v) is 3.46. The molecule has 1 fully saturated rings. The summed E-state index contributed by atoms with van der Waals surface area (Å²) in [7, 11) is 1.72. The van der Waals surface area contributed by atoms with Gasteiger partial charge in [0.25, 0.3) is 0 Å². The van der Waals surface area contributed by atoms with Gasteiger partial charge in [0.2, 0.25) is 0 Å².